The fourth-order valence-corrected chi connectivity index (χ4v) is 0.807. The molecule has 0 saturated heterocycles. The first kappa shape index (κ1) is 9.19. The highest BCUT2D eigenvalue weighted by atomic mass is 19.1. The first-order valence-corrected chi connectivity index (χ1v) is 3.37. The lowest BCUT2D eigenvalue weighted by Gasteiger charge is -2.03. The zero-order chi connectivity index (χ0) is 8.97. The Morgan fingerprint density at radius 3 is 2.83 bits per heavy atom. The second-order valence-electron chi connectivity index (χ2n) is 2.17. The molecular weight excluding hydrogens is 162 g/mol. The quantitative estimate of drug-likeness (QED) is 0.397. The molecule has 0 unspecified atom stereocenters. The van der Waals surface area contributed by atoms with Gasteiger partial charge in [-0.1, -0.05) is 12.1 Å². The van der Waals surface area contributed by atoms with Gasteiger partial charge in [0.25, 0.3) is 0 Å². The SMILES string of the molecule is COOB(O)c1cccc(F)c1. The molecule has 0 radical (unpaired) electrons. The van der Waals surface area contributed by atoms with Gasteiger partial charge < -0.3 is 5.02 Å². The van der Waals surface area contributed by atoms with Gasteiger partial charge in [0.15, 0.2) is 0 Å². The van der Waals surface area contributed by atoms with Crippen LogP contribution < -0.4 is 5.46 Å². The summed E-state index contributed by atoms with van der Waals surface area (Å²) in [5, 5.41) is 9.13. The minimum atomic E-state index is -1.24. The van der Waals surface area contributed by atoms with Crippen molar-refractivity contribution in [1.82, 2.24) is 0 Å². The maximum absolute atomic E-state index is 12.6. The van der Waals surface area contributed by atoms with Crippen LogP contribution in [0.2, 0.25) is 0 Å². The molecule has 0 aliphatic heterocycles. The Balaban J connectivity index is 2.73. The summed E-state index contributed by atoms with van der Waals surface area (Å²) in [4.78, 5) is 8.60. The number of halogens is 1. The predicted molar refractivity (Wildman–Crippen MR) is 42.1 cm³/mol. The molecule has 0 aliphatic carbocycles. The number of rotatable bonds is 3. The Morgan fingerprint density at radius 1 is 1.50 bits per heavy atom. The number of benzene rings is 1. The molecule has 1 N–H and O–H groups in total. The van der Waals surface area contributed by atoms with Crippen LogP contribution in [0.15, 0.2) is 24.3 Å². The van der Waals surface area contributed by atoms with Crippen LogP contribution in [-0.2, 0) is 9.69 Å². The first-order chi connectivity index (χ1) is 5.74. The highest BCUT2D eigenvalue weighted by Crippen LogP contribution is 1.94. The van der Waals surface area contributed by atoms with E-state index in [-0.39, 0.29) is 0 Å². The van der Waals surface area contributed by atoms with Crippen molar-refractivity contribution in [2.75, 3.05) is 7.11 Å². The standard InChI is InChI=1S/C7H8BFO3/c1-11-12-8(10)6-3-2-4-7(9)5-6/h2-5,10H,1H3. The molecule has 0 aliphatic rings. The third-order valence-electron chi connectivity index (χ3n) is 1.32. The van der Waals surface area contributed by atoms with Crippen molar-refractivity contribution in [2.45, 2.75) is 0 Å². The summed E-state index contributed by atoms with van der Waals surface area (Å²) in [7, 11) is 0.0217. The van der Waals surface area contributed by atoms with E-state index in [2.05, 4.69) is 9.69 Å². The zero-order valence-corrected chi connectivity index (χ0v) is 6.53. The third kappa shape index (κ3) is 2.30. The van der Waals surface area contributed by atoms with Crippen LogP contribution in [0.25, 0.3) is 0 Å². The molecule has 0 saturated carbocycles. The van der Waals surface area contributed by atoms with Crippen molar-refractivity contribution in [3.8, 4) is 0 Å². The van der Waals surface area contributed by atoms with Crippen LogP contribution in [0, 0.1) is 5.82 Å². The van der Waals surface area contributed by atoms with E-state index in [1.54, 1.807) is 0 Å². The van der Waals surface area contributed by atoms with Crippen LogP contribution in [0.5, 0.6) is 0 Å². The summed E-state index contributed by atoms with van der Waals surface area (Å²) < 4.78 is 12.6. The Labute approximate surface area is 69.8 Å². The Morgan fingerprint density at radius 2 is 2.25 bits per heavy atom. The third-order valence-corrected chi connectivity index (χ3v) is 1.32. The van der Waals surface area contributed by atoms with Gasteiger partial charge >= 0.3 is 7.12 Å². The van der Waals surface area contributed by atoms with Crippen LogP contribution >= 0.6 is 0 Å². The summed E-state index contributed by atoms with van der Waals surface area (Å²) in [5.74, 6) is -0.425. The van der Waals surface area contributed by atoms with E-state index in [4.69, 9.17) is 5.02 Å². The summed E-state index contributed by atoms with van der Waals surface area (Å²) in [6, 6.07) is 5.46. The van der Waals surface area contributed by atoms with Gasteiger partial charge in [-0.3, -0.25) is 9.69 Å². The predicted octanol–water partition coefficient (Wildman–Crippen LogP) is 0.0912. The van der Waals surface area contributed by atoms with E-state index in [0.29, 0.717) is 5.46 Å². The molecule has 0 atom stereocenters. The Bertz CT molecular complexity index is 256. The molecule has 64 valence electrons. The minimum Gasteiger partial charge on any atom is -0.422 e. The monoisotopic (exact) mass is 170 g/mol. The molecule has 1 aromatic rings. The van der Waals surface area contributed by atoms with Crippen molar-refractivity contribution in [3.63, 3.8) is 0 Å². The van der Waals surface area contributed by atoms with E-state index in [9.17, 15) is 4.39 Å². The lowest BCUT2D eigenvalue weighted by molar-refractivity contribution is -0.193. The molecule has 1 rings (SSSR count). The fraction of sp³-hybridized carbons (Fsp3) is 0.143. The summed E-state index contributed by atoms with van der Waals surface area (Å²) in [5.41, 5.74) is 0.317. The summed E-state index contributed by atoms with van der Waals surface area (Å²) in [6.07, 6.45) is 0. The van der Waals surface area contributed by atoms with Crippen LogP contribution in [0.3, 0.4) is 0 Å². The molecule has 0 heterocycles. The highest BCUT2D eigenvalue weighted by Gasteiger charge is 2.17. The van der Waals surface area contributed by atoms with Crippen molar-refractivity contribution < 1.29 is 19.1 Å². The molecule has 0 spiro atoms. The molecule has 3 nitrogen and oxygen atoms in total. The second-order valence-corrected chi connectivity index (χ2v) is 2.17. The van der Waals surface area contributed by atoms with E-state index < -0.39 is 12.9 Å². The normalized spacial score (nSPS) is 9.92. The van der Waals surface area contributed by atoms with E-state index >= 15 is 0 Å². The second kappa shape index (κ2) is 4.20. The average Bonchev–Trinajstić information content (AvgIpc) is 2.05. The first-order valence-electron chi connectivity index (χ1n) is 3.37. The molecule has 5 heteroatoms. The Hall–Kier alpha value is -0.905. The lowest BCUT2D eigenvalue weighted by Crippen LogP contribution is -2.33. The molecule has 0 bridgehead atoms. The minimum absolute atomic E-state index is 0.317. The van der Waals surface area contributed by atoms with Crippen LogP contribution in [-0.4, -0.2) is 19.3 Å². The van der Waals surface area contributed by atoms with Gasteiger partial charge in [0, 0.05) is 0 Å². The van der Waals surface area contributed by atoms with Gasteiger partial charge in [-0.25, -0.2) is 4.39 Å². The van der Waals surface area contributed by atoms with Crippen LogP contribution in [0.4, 0.5) is 4.39 Å². The van der Waals surface area contributed by atoms with Crippen molar-refractivity contribution in [3.05, 3.63) is 30.1 Å². The molecule has 0 amide bonds. The van der Waals surface area contributed by atoms with Gasteiger partial charge in [-0.05, 0) is 17.6 Å². The number of hydrogen-bond acceptors (Lipinski definition) is 3. The molecule has 12 heavy (non-hydrogen) atoms. The lowest BCUT2D eigenvalue weighted by atomic mass is 9.80. The van der Waals surface area contributed by atoms with Gasteiger partial charge in [0.05, 0.1) is 7.11 Å². The maximum atomic E-state index is 12.6. The van der Waals surface area contributed by atoms with Crippen molar-refractivity contribution in [1.29, 1.82) is 0 Å². The number of hydrogen-bond donors (Lipinski definition) is 1. The maximum Gasteiger partial charge on any atom is 0.523 e. The van der Waals surface area contributed by atoms with E-state index in [1.165, 1.54) is 31.4 Å². The zero-order valence-electron chi connectivity index (χ0n) is 6.53. The van der Waals surface area contributed by atoms with Crippen LogP contribution in [0.1, 0.15) is 0 Å². The molecule has 1 aromatic carbocycles. The summed E-state index contributed by atoms with van der Waals surface area (Å²) >= 11 is 0. The van der Waals surface area contributed by atoms with Gasteiger partial charge in [-0.2, -0.15) is 0 Å². The Kier molecular flexibility index (Phi) is 3.22. The molecule has 0 fully saturated rings. The highest BCUT2D eigenvalue weighted by molar-refractivity contribution is 6.59. The fourth-order valence-electron chi connectivity index (χ4n) is 0.807. The summed E-state index contributed by atoms with van der Waals surface area (Å²) in [6.45, 7) is 0. The average molecular weight is 170 g/mol. The largest absolute Gasteiger partial charge is 0.523 e. The molecule has 0 aromatic heterocycles. The molecular formula is C7H8BFO3. The van der Waals surface area contributed by atoms with E-state index in [0.717, 1.165) is 0 Å². The van der Waals surface area contributed by atoms with Gasteiger partial charge in [-0.15, -0.1) is 0 Å². The smallest absolute Gasteiger partial charge is 0.422 e. The van der Waals surface area contributed by atoms with Gasteiger partial charge in [0.1, 0.15) is 5.82 Å². The van der Waals surface area contributed by atoms with Crippen molar-refractivity contribution >= 4 is 12.6 Å². The van der Waals surface area contributed by atoms with E-state index in [1.807, 2.05) is 0 Å². The van der Waals surface area contributed by atoms with Gasteiger partial charge in [0.2, 0.25) is 0 Å². The van der Waals surface area contributed by atoms with Crippen molar-refractivity contribution in [2.24, 2.45) is 0 Å². The topological polar surface area (TPSA) is 38.7 Å².